The maximum absolute atomic E-state index is 12.5. The predicted molar refractivity (Wildman–Crippen MR) is 133 cm³/mol. The lowest BCUT2D eigenvalue weighted by atomic mass is 9.46. The highest BCUT2D eigenvalue weighted by Crippen LogP contribution is 2.66. The summed E-state index contributed by atoms with van der Waals surface area (Å²) in [6.07, 6.45) is 9.94. The van der Waals surface area contributed by atoms with Crippen molar-refractivity contribution in [3.05, 3.63) is 11.6 Å². The molecule has 0 bridgehead atoms. The van der Waals surface area contributed by atoms with Crippen LogP contribution in [-0.2, 0) is 19.2 Å². The highest BCUT2D eigenvalue weighted by atomic mass is 16.6. The Balaban J connectivity index is 1.24. The largest absolute Gasteiger partial charge is 0.480 e. The van der Waals surface area contributed by atoms with Crippen LogP contribution in [0, 0.1) is 34.5 Å². The molecule has 5 aliphatic rings. The van der Waals surface area contributed by atoms with Crippen LogP contribution < -0.4 is 0 Å². The zero-order chi connectivity index (χ0) is 25.8. The van der Waals surface area contributed by atoms with Gasteiger partial charge in [0.1, 0.15) is 11.8 Å². The molecule has 3 saturated carbocycles. The molecule has 8 unspecified atom stereocenters. The van der Waals surface area contributed by atoms with E-state index >= 15 is 0 Å². The van der Waals surface area contributed by atoms with Crippen LogP contribution in [0.15, 0.2) is 16.8 Å². The van der Waals surface area contributed by atoms with E-state index in [9.17, 15) is 24.6 Å². The second kappa shape index (κ2) is 9.26. The number of aliphatic hydroxyl groups is 1. The van der Waals surface area contributed by atoms with Gasteiger partial charge < -0.3 is 20.0 Å². The molecule has 4 aliphatic carbocycles. The van der Waals surface area contributed by atoms with Gasteiger partial charge in [0.25, 0.3) is 5.91 Å². The van der Waals surface area contributed by atoms with Crippen molar-refractivity contribution in [2.24, 2.45) is 39.7 Å². The molecule has 0 radical (unpaired) electrons. The molecule has 0 aromatic heterocycles. The van der Waals surface area contributed by atoms with Crippen molar-refractivity contribution in [2.75, 3.05) is 13.2 Å². The quantitative estimate of drug-likeness (QED) is 0.558. The highest BCUT2D eigenvalue weighted by molar-refractivity contribution is 5.96. The summed E-state index contributed by atoms with van der Waals surface area (Å²) in [6.45, 7) is 6.26. The Hall–Kier alpha value is -2.22. The van der Waals surface area contributed by atoms with Crippen LogP contribution in [0.25, 0.3) is 0 Å². The third kappa shape index (κ3) is 4.09. The van der Waals surface area contributed by atoms with Gasteiger partial charge in [-0.25, -0.2) is 4.79 Å². The first-order valence-electron chi connectivity index (χ1n) is 13.6. The number of likely N-dealkylation sites (tertiary alicyclic amines) is 1. The molecular weight excluding hydrogens is 460 g/mol. The van der Waals surface area contributed by atoms with Crippen molar-refractivity contribution < 1.29 is 29.4 Å². The second-order valence-corrected chi connectivity index (χ2v) is 12.4. The number of rotatable bonds is 5. The summed E-state index contributed by atoms with van der Waals surface area (Å²) in [7, 11) is 0. The predicted octanol–water partition coefficient (Wildman–Crippen LogP) is 3.57. The summed E-state index contributed by atoms with van der Waals surface area (Å²) in [5.41, 5.74) is 2.58. The fourth-order valence-electron chi connectivity index (χ4n) is 8.89. The van der Waals surface area contributed by atoms with Crippen LogP contribution in [0.4, 0.5) is 0 Å². The van der Waals surface area contributed by atoms with Crippen LogP contribution in [0.2, 0.25) is 0 Å². The lowest BCUT2D eigenvalue weighted by Crippen LogP contribution is -2.51. The van der Waals surface area contributed by atoms with Crippen molar-refractivity contribution in [1.29, 1.82) is 0 Å². The first-order valence-corrected chi connectivity index (χ1v) is 13.6. The molecule has 8 heteroatoms. The van der Waals surface area contributed by atoms with E-state index in [4.69, 9.17) is 4.84 Å². The highest BCUT2D eigenvalue weighted by Gasteiger charge is 2.59. The number of carbonyl (C=O) groups is 3. The average molecular weight is 501 g/mol. The molecule has 4 fully saturated rings. The molecule has 198 valence electrons. The standard InChI is InChI=1S/C28H40N2O6/c1-16(31)21-6-7-22-20-5-4-17-12-18(8-10-27(17,2)23(20)9-11-28(21,22)3)29-36-15-25(33)30-14-19(32)13-24(30)26(34)35/h12,19-24,32H,4-11,13-15H2,1-3H3,(H,34,35). The normalized spacial score (nSPS) is 42.8. The molecule has 0 spiro atoms. The molecule has 1 heterocycles. The van der Waals surface area contributed by atoms with Gasteiger partial charge in [0.05, 0.1) is 11.8 Å². The summed E-state index contributed by atoms with van der Waals surface area (Å²) in [5, 5.41) is 23.3. The molecular formula is C28H40N2O6. The van der Waals surface area contributed by atoms with E-state index in [1.54, 1.807) is 6.92 Å². The first kappa shape index (κ1) is 25.4. The molecule has 0 aromatic carbocycles. The average Bonchev–Trinajstić information content (AvgIpc) is 3.39. The smallest absolute Gasteiger partial charge is 0.326 e. The number of hydrogen-bond acceptors (Lipinski definition) is 6. The van der Waals surface area contributed by atoms with E-state index in [0.717, 1.165) is 44.2 Å². The van der Waals surface area contributed by atoms with E-state index in [2.05, 4.69) is 25.1 Å². The SMILES string of the molecule is CC(=O)C1CCC2C3CCC4=CC(=NOCC(=O)N5CC(O)CC5C(=O)O)CCC4(C)C3CCC12C. The monoisotopic (exact) mass is 500 g/mol. The molecule has 0 aromatic rings. The summed E-state index contributed by atoms with van der Waals surface area (Å²) in [5.74, 6) is 0.982. The van der Waals surface area contributed by atoms with Gasteiger partial charge in [-0.3, -0.25) is 9.59 Å². The maximum atomic E-state index is 12.5. The number of amides is 1. The summed E-state index contributed by atoms with van der Waals surface area (Å²) in [4.78, 5) is 42.8. The number of oxime groups is 1. The van der Waals surface area contributed by atoms with Crippen LogP contribution >= 0.6 is 0 Å². The lowest BCUT2D eigenvalue weighted by molar-refractivity contribution is -0.150. The van der Waals surface area contributed by atoms with Crippen molar-refractivity contribution >= 4 is 23.4 Å². The Morgan fingerprint density at radius 2 is 1.89 bits per heavy atom. The number of β-amino-alcohol motifs (C(OH)–C–C–N with tert-alkyl or cyclic N) is 1. The molecule has 8 nitrogen and oxygen atoms in total. The Bertz CT molecular complexity index is 1010. The molecule has 1 saturated heterocycles. The van der Waals surface area contributed by atoms with Gasteiger partial charge >= 0.3 is 5.97 Å². The molecule has 2 N–H and O–H groups in total. The Labute approximate surface area is 213 Å². The number of carboxylic acids is 1. The summed E-state index contributed by atoms with van der Waals surface area (Å²) >= 11 is 0. The summed E-state index contributed by atoms with van der Waals surface area (Å²) in [6, 6.07) is -1.01. The number of ketones is 1. The minimum Gasteiger partial charge on any atom is -0.480 e. The first-order chi connectivity index (χ1) is 17.0. The molecule has 8 atom stereocenters. The number of Topliss-reactive ketones (excluding diaryl/α,β-unsaturated/α-hetero) is 1. The van der Waals surface area contributed by atoms with E-state index < -0.39 is 24.0 Å². The van der Waals surface area contributed by atoms with Crippen LogP contribution in [0.5, 0.6) is 0 Å². The molecule has 1 amide bonds. The fourth-order valence-corrected chi connectivity index (χ4v) is 8.89. The van der Waals surface area contributed by atoms with Gasteiger partial charge in [-0.1, -0.05) is 24.6 Å². The van der Waals surface area contributed by atoms with Gasteiger partial charge in [-0.05, 0) is 93.0 Å². The third-order valence-corrected chi connectivity index (χ3v) is 10.7. The van der Waals surface area contributed by atoms with Gasteiger partial charge in [-0.2, -0.15) is 0 Å². The van der Waals surface area contributed by atoms with Gasteiger partial charge in [0.15, 0.2) is 6.61 Å². The number of carboxylic acid groups (broad SMARTS) is 1. The zero-order valence-electron chi connectivity index (χ0n) is 21.7. The van der Waals surface area contributed by atoms with Gasteiger partial charge in [0.2, 0.25) is 0 Å². The van der Waals surface area contributed by atoms with E-state index in [0.29, 0.717) is 23.5 Å². The topological polar surface area (TPSA) is 117 Å². The number of hydrogen-bond donors (Lipinski definition) is 2. The Morgan fingerprint density at radius 3 is 2.61 bits per heavy atom. The number of nitrogens with zero attached hydrogens (tertiary/aromatic N) is 2. The van der Waals surface area contributed by atoms with Crippen molar-refractivity contribution in [3.63, 3.8) is 0 Å². The third-order valence-electron chi connectivity index (χ3n) is 10.7. The minimum absolute atomic E-state index is 0.00783. The van der Waals surface area contributed by atoms with Crippen molar-refractivity contribution in [3.8, 4) is 0 Å². The van der Waals surface area contributed by atoms with Crippen molar-refractivity contribution in [1.82, 2.24) is 4.90 Å². The number of carbonyl (C=O) groups excluding carboxylic acids is 2. The number of allylic oxidation sites excluding steroid dienone is 2. The Morgan fingerprint density at radius 1 is 1.11 bits per heavy atom. The lowest BCUT2D eigenvalue weighted by Gasteiger charge is -2.58. The van der Waals surface area contributed by atoms with E-state index in [-0.39, 0.29) is 36.3 Å². The van der Waals surface area contributed by atoms with Gasteiger partial charge in [-0.15, -0.1) is 0 Å². The maximum Gasteiger partial charge on any atom is 0.326 e. The second-order valence-electron chi connectivity index (χ2n) is 12.4. The minimum atomic E-state index is -1.12. The number of aliphatic hydroxyl groups excluding tert-OH is 1. The van der Waals surface area contributed by atoms with Crippen LogP contribution in [0.1, 0.15) is 78.6 Å². The van der Waals surface area contributed by atoms with Crippen LogP contribution in [0.3, 0.4) is 0 Å². The summed E-state index contributed by atoms with van der Waals surface area (Å²) < 4.78 is 0. The number of aliphatic carboxylic acids is 1. The fraction of sp³-hybridized carbons (Fsp3) is 0.786. The van der Waals surface area contributed by atoms with E-state index in [1.165, 1.54) is 23.3 Å². The zero-order valence-corrected chi connectivity index (χ0v) is 21.7. The Kier molecular flexibility index (Phi) is 6.54. The van der Waals surface area contributed by atoms with Crippen LogP contribution in [-0.4, -0.2) is 63.8 Å². The van der Waals surface area contributed by atoms with Crippen molar-refractivity contribution in [2.45, 2.75) is 90.7 Å². The molecule has 36 heavy (non-hydrogen) atoms. The molecule has 1 aliphatic heterocycles. The number of fused-ring (bicyclic) bond motifs is 5. The molecule has 5 rings (SSSR count). The van der Waals surface area contributed by atoms with Gasteiger partial charge in [0, 0.05) is 18.9 Å². The van der Waals surface area contributed by atoms with E-state index in [1.807, 2.05) is 0 Å².